The lowest BCUT2D eigenvalue weighted by Crippen LogP contribution is -2.55. The third-order valence-electron chi connectivity index (χ3n) is 4.22. The molecule has 0 radical (unpaired) electrons. The van der Waals surface area contributed by atoms with Crippen molar-refractivity contribution in [2.45, 2.75) is 44.8 Å². The molecular formula is C14H18F3NO2. The number of hydrogen-bond acceptors (Lipinski definition) is 2. The zero-order chi connectivity index (χ0) is 15.1. The Morgan fingerprint density at radius 1 is 1.40 bits per heavy atom. The molecule has 2 aliphatic rings. The SMILES string of the molecule is CC(C)(N1CC=CC2=C1CCC(C(=O)O)C2)C(F)(F)F. The van der Waals surface area contributed by atoms with Crippen molar-refractivity contribution in [3.8, 4) is 0 Å². The highest BCUT2D eigenvalue weighted by molar-refractivity contribution is 5.71. The fourth-order valence-corrected chi connectivity index (χ4v) is 2.77. The second-order valence-electron chi connectivity index (χ2n) is 5.82. The number of rotatable bonds is 2. The number of carbonyl (C=O) groups is 1. The summed E-state index contributed by atoms with van der Waals surface area (Å²) in [5.41, 5.74) is -0.575. The summed E-state index contributed by atoms with van der Waals surface area (Å²) in [6.45, 7) is 2.54. The van der Waals surface area contributed by atoms with Crippen LogP contribution in [0.15, 0.2) is 23.4 Å². The van der Waals surface area contributed by atoms with Gasteiger partial charge in [0.25, 0.3) is 0 Å². The fraction of sp³-hybridized carbons (Fsp3) is 0.643. The largest absolute Gasteiger partial charge is 0.481 e. The van der Waals surface area contributed by atoms with Gasteiger partial charge in [-0.2, -0.15) is 13.2 Å². The Labute approximate surface area is 115 Å². The molecule has 0 amide bonds. The number of halogens is 3. The Balaban J connectivity index is 2.31. The van der Waals surface area contributed by atoms with E-state index in [-0.39, 0.29) is 6.54 Å². The van der Waals surface area contributed by atoms with Crippen molar-refractivity contribution < 1.29 is 23.1 Å². The molecule has 112 valence electrons. The Morgan fingerprint density at radius 3 is 2.60 bits per heavy atom. The van der Waals surface area contributed by atoms with E-state index in [4.69, 9.17) is 5.11 Å². The van der Waals surface area contributed by atoms with E-state index >= 15 is 0 Å². The van der Waals surface area contributed by atoms with E-state index in [1.54, 1.807) is 12.2 Å². The fourth-order valence-electron chi connectivity index (χ4n) is 2.77. The third kappa shape index (κ3) is 2.43. The van der Waals surface area contributed by atoms with E-state index in [0.717, 1.165) is 5.57 Å². The van der Waals surface area contributed by atoms with Crippen LogP contribution >= 0.6 is 0 Å². The van der Waals surface area contributed by atoms with E-state index in [2.05, 4.69) is 0 Å². The van der Waals surface area contributed by atoms with Crippen LogP contribution in [0.25, 0.3) is 0 Å². The molecule has 0 spiro atoms. The maximum atomic E-state index is 13.2. The summed E-state index contributed by atoms with van der Waals surface area (Å²) in [5, 5.41) is 9.04. The number of hydrogen-bond donors (Lipinski definition) is 1. The molecule has 0 saturated carbocycles. The van der Waals surface area contributed by atoms with Crippen molar-refractivity contribution in [1.82, 2.24) is 4.90 Å². The van der Waals surface area contributed by atoms with Gasteiger partial charge in [0.1, 0.15) is 5.54 Å². The number of aliphatic carboxylic acids is 1. The first-order valence-electron chi connectivity index (χ1n) is 6.60. The molecule has 0 aromatic heterocycles. The zero-order valence-corrected chi connectivity index (χ0v) is 11.5. The average Bonchev–Trinajstić information content (AvgIpc) is 2.35. The molecule has 2 rings (SSSR count). The van der Waals surface area contributed by atoms with Crippen molar-refractivity contribution in [2.75, 3.05) is 6.54 Å². The predicted molar refractivity (Wildman–Crippen MR) is 68.0 cm³/mol. The van der Waals surface area contributed by atoms with Gasteiger partial charge in [0.2, 0.25) is 0 Å². The van der Waals surface area contributed by atoms with Gasteiger partial charge < -0.3 is 10.0 Å². The van der Waals surface area contributed by atoms with Gasteiger partial charge in [0.15, 0.2) is 0 Å². The molecule has 0 bridgehead atoms. The normalized spacial score (nSPS) is 23.9. The van der Waals surface area contributed by atoms with Gasteiger partial charge in [0, 0.05) is 12.2 Å². The highest BCUT2D eigenvalue weighted by Crippen LogP contribution is 2.43. The lowest BCUT2D eigenvalue weighted by atomic mass is 9.83. The van der Waals surface area contributed by atoms with Gasteiger partial charge in [0.05, 0.1) is 5.92 Å². The maximum Gasteiger partial charge on any atom is 0.411 e. The van der Waals surface area contributed by atoms with Crippen LogP contribution in [0.1, 0.15) is 33.1 Å². The first-order valence-corrected chi connectivity index (χ1v) is 6.60. The molecule has 0 fully saturated rings. The van der Waals surface area contributed by atoms with E-state index in [0.29, 0.717) is 25.0 Å². The summed E-state index contributed by atoms with van der Waals surface area (Å²) in [5.74, 6) is -1.37. The van der Waals surface area contributed by atoms with Crippen molar-refractivity contribution >= 4 is 5.97 Å². The highest BCUT2D eigenvalue weighted by Gasteiger charge is 2.52. The molecule has 0 saturated heterocycles. The minimum absolute atomic E-state index is 0.211. The van der Waals surface area contributed by atoms with E-state index < -0.39 is 23.6 Å². The van der Waals surface area contributed by atoms with Crippen LogP contribution in [0.5, 0.6) is 0 Å². The standard InChI is InChI=1S/C14H18F3NO2/c1-13(2,14(15,16)17)18-7-3-4-9-8-10(12(19)20)5-6-11(9)18/h3-4,10H,5-8H2,1-2H3,(H,19,20). The van der Waals surface area contributed by atoms with Crippen molar-refractivity contribution in [3.63, 3.8) is 0 Å². The highest BCUT2D eigenvalue weighted by atomic mass is 19.4. The molecule has 0 aromatic carbocycles. The first-order chi connectivity index (χ1) is 9.14. The minimum atomic E-state index is -4.33. The van der Waals surface area contributed by atoms with Gasteiger partial charge in [-0.15, -0.1) is 0 Å². The Kier molecular flexibility index (Phi) is 3.60. The minimum Gasteiger partial charge on any atom is -0.481 e. The molecular weight excluding hydrogens is 271 g/mol. The number of allylic oxidation sites excluding steroid dienone is 3. The number of carboxylic acid groups (broad SMARTS) is 1. The lowest BCUT2D eigenvalue weighted by molar-refractivity contribution is -0.214. The van der Waals surface area contributed by atoms with E-state index in [9.17, 15) is 18.0 Å². The number of carboxylic acids is 1. The average molecular weight is 289 g/mol. The molecule has 1 aliphatic carbocycles. The monoisotopic (exact) mass is 289 g/mol. The van der Waals surface area contributed by atoms with Crippen LogP contribution in [0, 0.1) is 5.92 Å². The Morgan fingerprint density at radius 2 is 2.05 bits per heavy atom. The molecule has 6 heteroatoms. The van der Waals surface area contributed by atoms with Crippen LogP contribution in [0.3, 0.4) is 0 Å². The van der Waals surface area contributed by atoms with Crippen molar-refractivity contribution in [3.05, 3.63) is 23.4 Å². The van der Waals surface area contributed by atoms with Gasteiger partial charge in [-0.3, -0.25) is 4.79 Å². The van der Waals surface area contributed by atoms with Gasteiger partial charge >= 0.3 is 12.1 Å². The molecule has 1 atom stereocenters. The molecule has 3 nitrogen and oxygen atoms in total. The predicted octanol–water partition coefficient (Wildman–Crippen LogP) is 3.34. The van der Waals surface area contributed by atoms with Crippen LogP contribution < -0.4 is 0 Å². The van der Waals surface area contributed by atoms with Crippen LogP contribution in [0.2, 0.25) is 0 Å². The van der Waals surface area contributed by atoms with Gasteiger partial charge in [-0.05, 0) is 38.7 Å². The quantitative estimate of drug-likeness (QED) is 0.847. The molecule has 20 heavy (non-hydrogen) atoms. The first kappa shape index (κ1) is 14.9. The summed E-state index contributed by atoms with van der Waals surface area (Å²) < 4.78 is 39.6. The van der Waals surface area contributed by atoms with Crippen LogP contribution in [-0.2, 0) is 4.79 Å². The Bertz CT molecular complexity index is 477. The maximum absolute atomic E-state index is 13.2. The molecule has 1 N–H and O–H groups in total. The summed E-state index contributed by atoms with van der Waals surface area (Å²) in [7, 11) is 0. The topological polar surface area (TPSA) is 40.5 Å². The smallest absolute Gasteiger partial charge is 0.411 e. The molecule has 0 aromatic rings. The van der Waals surface area contributed by atoms with Crippen molar-refractivity contribution in [2.24, 2.45) is 5.92 Å². The van der Waals surface area contributed by atoms with Crippen LogP contribution in [0.4, 0.5) is 13.2 Å². The number of nitrogens with zero attached hydrogens (tertiary/aromatic N) is 1. The second-order valence-corrected chi connectivity index (χ2v) is 5.82. The second kappa shape index (κ2) is 4.82. The summed E-state index contributed by atoms with van der Waals surface area (Å²) in [4.78, 5) is 12.4. The molecule has 1 heterocycles. The van der Waals surface area contributed by atoms with E-state index in [1.807, 2.05) is 0 Å². The lowest BCUT2D eigenvalue weighted by Gasteiger charge is -2.46. The molecule has 1 aliphatic heterocycles. The zero-order valence-electron chi connectivity index (χ0n) is 11.5. The third-order valence-corrected chi connectivity index (χ3v) is 4.22. The summed E-state index contributed by atoms with van der Waals surface area (Å²) >= 11 is 0. The summed E-state index contributed by atoms with van der Waals surface area (Å²) in [6, 6.07) is 0. The van der Waals surface area contributed by atoms with Crippen LogP contribution in [-0.4, -0.2) is 34.2 Å². The van der Waals surface area contributed by atoms with Crippen molar-refractivity contribution in [1.29, 1.82) is 0 Å². The van der Waals surface area contributed by atoms with Gasteiger partial charge in [-0.25, -0.2) is 0 Å². The molecule has 1 unspecified atom stereocenters. The number of alkyl halides is 3. The Hall–Kier alpha value is -1.46. The summed E-state index contributed by atoms with van der Waals surface area (Å²) in [6.07, 6.45) is 0.206. The van der Waals surface area contributed by atoms with Gasteiger partial charge in [-0.1, -0.05) is 12.2 Å². The van der Waals surface area contributed by atoms with E-state index in [1.165, 1.54) is 18.7 Å².